The van der Waals surface area contributed by atoms with E-state index in [1.807, 2.05) is 48.5 Å². The number of methoxy groups -OCH3 is 1. The third kappa shape index (κ3) is 5.84. The molecule has 0 amide bonds. The number of rotatable bonds is 9. The molecule has 0 N–H and O–H groups in total. The predicted octanol–water partition coefficient (Wildman–Crippen LogP) is 6.91. The molecule has 0 aromatic heterocycles. The van der Waals surface area contributed by atoms with Crippen LogP contribution in [0.2, 0.25) is 0 Å². The second-order valence-corrected chi connectivity index (χ2v) is 8.63. The number of allylic oxidation sites excluding steroid dienone is 1. The van der Waals surface area contributed by atoms with Crippen molar-refractivity contribution in [2.45, 2.75) is 19.6 Å². The third-order valence-corrected chi connectivity index (χ3v) is 6.13. The monoisotopic (exact) mass is 475 g/mol. The van der Waals surface area contributed by atoms with Crippen LogP contribution in [0.1, 0.15) is 27.8 Å². The Morgan fingerprint density at radius 1 is 0.722 bits per heavy atom. The summed E-state index contributed by atoms with van der Waals surface area (Å²) in [6.07, 6.45) is 5.05. The van der Waals surface area contributed by atoms with E-state index in [0.29, 0.717) is 13.2 Å². The lowest BCUT2D eigenvalue weighted by Crippen LogP contribution is -2.12. The number of hydrogen-bond acceptors (Lipinski definition) is 4. The van der Waals surface area contributed by atoms with Gasteiger partial charge in [-0.15, -0.1) is 0 Å². The Morgan fingerprint density at radius 2 is 1.39 bits per heavy atom. The largest absolute Gasteiger partial charge is 0.493 e. The van der Waals surface area contributed by atoms with Crippen LogP contribution < -0.4 is 14.2 Å². The Labute approximate surface area is 212 Å². The second-order valence-electron chi connectivity index (χ2n) is 8.63. The summed E-state index contributed by atoms with van der Waals surface area (Å²) in [5.74, 6) is 2.33. The standard InChI is InChI=1S/C32H29NO3/c1-34-31-20-27-18-19-33-30(29(27)21-32(31)36-23-26-10-6-3-7-11-26)17-14-24-12-15-28(16-13-24)35-22-25-8-4-2-5-9-25/h2-17,20-21H,18-19,22-23H2,1H3. The fraction of sp³-hybridized carbons (Fsp3) is 0.156. The zero-order chi connectivity index (χ0) is 24.6. The second kappa shape index (κ2) is 11.4. The summed E-state index contributed by atoms with van der Waals surface area (Å²) in [7, 11) is 1.68. The maximum Gasteiger partial charge on any atom is 0.162 e. The first-order valence-corrected chi connectivity index (χ1v) is 12.2. The molecule has 0 saturated heterocycles. The normalized spacial score (nSPS) is 12.6. The average Bonchev–Trinajstić information content (AvgIpc) is 2.95. The molecule has 0 bridgehead atoms. The molecule has 0 atom stereocenters. The minimum absolute atomic E-state index is 0.483. The Bertz CT molecular complexity index is 1340. The topological polar surface area (TPSA) is 40.0 Å². The van der Waals surface area contributed by atoms with Gasteiger partial charge in [-0.25, -0.2) is 0 Å². The van der Waals surface area contributed by atoms with Crippen LogP contribution in [0.4, 0.5) is 0 Å². The van der Waals surface area contributed by atoms with Crippen molar-refractivity contribution < 1.29 is 14.2 Å². The first kappa shape index (κ1) is 23.4. The lowest BCUT2D eigenvalue weighted by molar-refractivity contribution is 0.284. The third-order valence-electron chi connectivity index (χ3n) is 6.13. The van der Waals surface area contributed by atoms with Gasteiger partial charge in [0.15, 0.2) is 11.5 Å². The van der Waals surface area contributed by atoms with Gasteiger partial charge in [0.1, 0.15) is 19.0 Å². The molecule has 36 heavy (non-hydrogen) atoms. The molecule has 0 aliphatic carbocycles. The van der Waals surface area contributed by atoms with E-state index in [4.69, 9.17) is 19.2 Å². The molecule has 4 nitrogen and oxygen atoms in total. The molecule has 1 aliphatic heterocycles. The van der Waals surface area contributed by atoms with Crippen LogP contribution in [-0.2, 0) is 19.6 Å². The summed E-state index contributed by atoms with van der Waals surface area (Å²) in [6, 6.07) is 32.6. The molecule has 0 saturated carbocycles. The van der Waals surface area contributed by atoms with Crippen LogP contribution in [0.25, 0.3) is 6.08 Å². The number of aliphatic imine (C=N–C) groups is 1. The molecule has 4 aromatic rings. The van der Waals surface area contributed by atoms with Gasteiger partial charge in [-0.05, 0) is 59.0 Å². The molecular weight excluding hydrogens is 446 g/mol. The summed E-state index contributed by atoms with van der Waals surface area (Å²) in [6.45, 7) is 1.80. The zero-order valence-corrected chi connectivity index (χ0v) is 20.4. The molecule has 1 aliphatic rings. The summed E-state index contributed by atoms with van der Waals surface area (Å²) < 4.78 is 17.7. The molecule has 180 valence electrons. The highest BCUT2D eigenvalue weighted by molar-refractivity contribution is 6.12. The molecule has 0 radical (unpaired) electrons. The predicted molar refractivity (Wildman–Crippen MR) is 145 cm³/mol. The van der Waals surface area contributed by atoms with E-state index < -0.39 is 0 Å². The lowest BCUT2D eigenvalue weighted by Gasteiger charge is -2.19. The molecule has 1 heterocycles. The van der Waals surface area contributed by atoms with Gasteiger partial charge >= 0.3 is 0 Å². The number of hydrogen-bond donors (Lipinski definition) is 0. The Kier molecular flexibility index (Phi) is 7.43. The lowest BCUT2D eigenvalue weighted by atomic mass is 9.96. The van der Waals surface area contributed by atoms with E-state index in [-0.39, 0.29) is 0 Å². The zero-order valence-electron chi connectivity index (χ0n) is 20.4. The first-order chi connectivity index (χ1) is 17.8. The molecule has 0 unspecified atom stereocenters. The van der Waals surface area contributed by atoms with Crippen LogP contribution >= 0.6 is 0 Å². The SMILES string of the molecule is COc1cc2c(cc1OCc1ccccc1)C(C=Cc1ccc(OCc3ccccc3)cc1)=NCC2. The van der Waals surface area contributed by atoms with Crippen molar-refractivity contribution in [2.75, 3.05) is 13.7 Å². The highest BCUT2D eigenvalue weighted by Gasteiger charge is 2.17. The van der Waals surface area contributed by atoms with Crippen LogP contribution in [-0.4, -0.2) is 19.4 Å². The Balaban J connectivity index is 1.29. The van der Waals surface area contributed by atoms with Crippen molar-refractivity contribution >= 4 is 11.8 Å². The Morgan fingerprint density at radius 3 is 2.06 bits per heavy atom. The van der Waals surface area contributed by atoms with Crippen LogP contribution in [0, 0.1) is 0 Å². The quantitative estimate of drug-likeness (QED) is 0.264. The number of fused-ring (bicyclic) bond motifs is 1. The fourth-order valence-corrected chi connectivity index (χ4v) is 4.17. The van der Waals surface area contributed by atoms with Crippen molar-refractivity contribution in [1.29, 1.82) is 0 Å². The molecule has 0 spiro atoms. The van der Waals surface area contributed by atoms with E-state index in [0.717, 1.165) is 58.2 Å². The van der Waals surface area contributed by atoms with Crippen molar-refractivity contribution in [3.8, 4) is 17.2 Å². The fourth-order valence-electron chi connectivity index (χ4n) is 4.17. The van der Waals surface area contributed by atoms with E-state index in [1.54, 1.807) is 7.11 Å². The molecule has 5 rings (SSSR count). The number of nitrogens with zero attached hydrogens (tertiary/aromatic N) is 1. The summed E-state index contributed by atoms with van der Waals surface area (Å²) in [5.41, 5.74) is 6.61. The average molecular weight is 476 g/mol. The Hall–Kier alpha value is -4.31. The van der Waals surface area contributed by atoms with Crippen LogP contribution in [0.5, 0.6) is 17.2 Å². The number of benzene rings is 4. The van der Waals surface area contributed by atoms with Gasteiger partial charge in [0.25, 0.3) is 0 Å². The van der Waals surface area contributed by atoms with E-state index in [2.05, 4.69) is 60.7 Å². The minimum atomic E-state index is 0.483. The smallest absolute Gasteiger partial charge is 0.162 e. The van der Waals surface area contributed by atoms with Gasteiger partial charge in [-0.1, -0.05) is 78.9 Å². The van der Waals surface area contributed by atoms with Crippen LogP contribution in [0.15, 0.2) is 108 Å². The van der Waals surface area contributed by atoms with Gasteiger partial charge in [0, 0.05) is 12.1 Å². The van der Waals surface area contributed by atoms with Crippen molar-refractivity contribution in [3.05, 3.63) is 131 Å². The maximum atomic E-state index is 6.14. The highest BCUT2D eigenvalue weighted by Crippen LogP contribution is 2.34. The minimum Gasteiger partial charge on any atom is -0.493 e. The number of ether oxygens (including phenoxy) is 3. The molecule has 4 aromatic carbocycles. The van der Waals surface area contributed by atoms with Gasteiger partial charge in [-0.2, -0.15) is 0 Å². The summed E-state index contributed by atoms with van der Waals surface area (Å²) >= 11 is 0. The van der Waals surface area contributed by atoms with E-state index in [1.165, 1.54) is 5.56 Å². The van der Waals surface area contributed by atoms with Crippen LogP contribution in [0.3, 0.4) is 0 Å². The molecule has 4 heteroatoms. The summed E-state index contributed by atoms with van der Waals surface area (Å²) in [4.78, 5) is 4.79. The summed E-state index contributed by atoms with van der Waals surface area (Å²) in [5, 5.41) is 0. The van der Waals surface area contributed by atoms with Gasteiger partial charge in [-0.3, -0.25) is 4.99 Å². The van der Waals surface area contributed by atoms with Crippen molar-refractivity contribution in [3.63, 3.8) is 0 Å². The van der Waals surface area contributed by atoms with E-state index in [9.17, 15) is 0 Å². The highest BCUT2D eigenvalue weighted by atomic mass is 16.5. The van der Waals surface area contributed by atoms with Crippen molar-refractivity contribution in [2.24, 2.45) is 4.99 Å². The first-order valence-electron chi connectivity index (χ1n) is 12.2. The molecule has 0 fully saturated rings. The van der Waals surface area contributed by atoms with Gasteiger partial charge in [0.05, 0.1) is 12.8 Å². The molecular formula is C32H29NO3. The van der Waals surface area contributed by atoms with Gasteiger partial charge < -0.3 is 14.2 Å². The van der Waals surface area contributed by atoms with Gasteiger partial charge in [0.2, 0.25) is 0 Å². The maximum absolute atomic E-state index is 6.14. The van der Waals surface area contributed by atoms with E-state index >= 15 is 0 Å². The van der Waals surface area contributed by atoms with Crippen molar-refractivity contribution in [1.82, 2.24) is 0 Å².